The number of benzene rings is 1. The van der Waals surface area contributed by atoms with Gasteiger partial charge in [-0.2, -0.15) is 0 Å². The first-order valence-corrected chi connectivity index (χ1v) is 5.62. The zero-order chi connectivity index (χ0) is 10.8. The molecule has 1 N–H and O–H groups in total. The van der Waals surface area contributed by atoms with Gasteiger partial charge in [0.2, 0.25) is 0 Å². The van der Waals surface area contributed by atoms with Gasteiger partial charge < -0.3 is 10.1 Å². The predicted molar refractivity (Wildman–Crippen MR) is 69.5 cm³/mol. The molecule has 1 aliphatic rings. The first-order chi connectivity index (χ1) is 7.22. The minimum atomic E-state index is 0. The summed E-state index contributed by atoms with van der Waals surface area (Å²) in [5.74, 6) is 1.58. The van der Waals surface area contributed by atoms with Gasteiger partial charge in [0.25, 0.3) is 0 Å². The SMILES string of the molecule is COc1ccc2c(c1)C(C(C)C)NCC2.Cl. The molecule has 2 nitrogen and oxygen atoms in total. The van der Waals surface area contributed by atoms with Gasteiger partial charge in [-0.05, 0) is 42.1 Å². The smallest absolute Gasteiger partial charge is 0.119 e. The minimum Gasteiger partial charge on any atom is -0.497 e. The average molecular weight is 242 g/mol. The lowest BCUT2D eigenvalue weighted by molar-refractivity contribution is 0.386. The highest BCUT2D eigenvalue weighted by atomic mass is 35.5. The Hall–Kier alpha value is -0.730. The molecule has 1 heterocycles. The van der Waals surface area contributed by atoms with Gasteiger partial charge >= 0.3 is 0 Å². The Morgan fingerprint density at radius 3 is 2.75 bits per heavy atom. The minimum absolute atomic E-state index is 0. The summed E-state index contributed by atoms with van der Waals surface area (Å²) in [6.07, 6.45) is 1.13. The molecule has 90 valence electrons. The number of hydrogen-bond donors (Lipinski definition) is 1. The lowest BCUT2D eigenvalue weighted by Crippen LogP contribution is -2.32. The Morgan fingerprint density at radius 1 is 1.38 bits per heavy atom. The zero-order valence-electron chi connectivity index (χ0n) is 10.1. The molecule has 1 unspecified atom stereocenters. The fourth-order valence-electron chi connectivity index (χ4n) is 2.28. The van der Waals surface area contributed by atoms with E-state index in [9.17, 15) is 0 Å². The molecule has 0 saturated heterocycles. The Morgan fingerprint density at radius 2 is 2.12 bits per heavy atom. The van der Waals surface area contributed by atoms with Gasteiger partial charge in [0.05, 0.1) is 7.11 Å². The van der Waals surface area contributed by atoms with Gasteiger partial charge in [-0.15, -0.1) is 12.4 Å². The number of fused-ring (bicyclic) bond motifs is 1. The van der Waals surface area contributed by atoms with E-state index >= 15 is 0 Å². The van der Waals surface area contributed by atoms with E-state index in [0.29, 0.717) is 12.0 Å². The number of rotatable bonds is 2. The van der Waals surface area contributed by atoms with E-state index in [4.69, 9.17) is 4.74 Å². The molecule has 0 saturated carbocycles. The molecule has 1 aliphatic heterocycles. The number of hydrogen-bond acceptors (Lipinski definition) is 2. The summed E-state index contributed by atoms with van der Waals surface area (Å²) in [5, 5.41) is 3.57. The van der Waals surface area contributed by atoms with Crippen molar-refractivity contribution >= 4 is 12.4 Å². The highest BCUT2D eigenvalue weighted by molar-refractivity contribution is 5.85. The molecule has 1 aromatic rings. The van der Waals surface area contributed by atoms with Gasteiger partial charge in [0.15, 0.2) is 0 Å². The number of nitrogens with one attached hydrogen (secondary N) is 1. The van der Waals surface area contributed by atoms with E-state index in [1.165, 1.54) is 11.1 Å². The molecule has 1 aromatic carbocycles. The maximum atomic E-state index is 5.28. The van der Waals surface area contributed by atoms with Crippen LogP contribution in [0.4, 0.5) is 0 Å². The van der Waals surface area contributed by atoms with E-state index < -0.39 is 0 Å². The van der Waals surface area contributed by atoms with Crippen LogP contribution in [0.25, 0.3) is 0 Å². The third-order valence-electron chi connectivity index (χ3n) is 3.11. The molecule has 3 heteroatoms. The van der Waals surface area contributed by atoms with Crippen LogP contribution in [0, 0.1) is 5.92 Å². The monoisotopic (exact) mass is 241 g/mol. The van der Waals surface area contributed by atoms with Crippen LogP contribution in [0.2, 0.25) is 0 Å². The molecule has 0 radical (unpaired) electrons. The summed E-state index contributed by atoms with van der Waals surface area (Å²) in [7, 11) is 1.72. The predicted octanol–water partition coefficient (Wildman–Crippen LogP) is 2.96. The van der Waals surface area contributed by atoms with Gasteiger partial charge in [0, 0.05) is 6.04 Å². The molecular weight excluding hydrogens is 222 g/mol. The summed E-state index contributed by atoms with van der Waals surface area (Å²) in [6, 6.07) is 6.90. The van der Waals surface area contributed by atoms with Gasteiger partial charge in [-0.1, -0.05) is 19.9 Å². The first kappa shape index (κ1) is 13.3. The van der Waals surface area contributed by atoms with E-state index in [1.807, 2.05) is 0 Å². The van der Waals surface area contributed by atoms with E-state index in [1.54, 1.807) is 7.11 Å². The molecule has 0 spiro atoms. The summed E-state index contributed by atoms with van der Waals surface area (Å²) >= 11 is 0. The summed E-state index contributed by atoms with van der Waals surface area (Å²) in [6.45, 7) is 5.60. The third kappa shape index (κ3) is 2.50. The first-order valence-electron chi connectivity index (χ1n) is 5.62. The average Bonchev–Trinajstić information content (AvgIpc) is 2.27. The Labute approximate surface area is 104 Å². The maximum Gasteiger partial charge on any atom is 0.119 e. The normalized spacial score (nSPS) is 18.9. The van der Waals surface area contributed by atoms with Crippen molar-refractivity contribution in [3.63, 3.8) is 0 Å². The molecule has 1 atom stereocenters. The molecule has 0 bridgehead atoms. The van der Waals surface area contributed by atoms with Crippen LogP contribution in [0.1, 0.15) is 31.0 Å². The quantitative estimate of drug-likeness (QED) is 0.860. The van der Waals surface area contributed by atoms with Gasteiger partial charge in [-0.25, -0.2) is 0 Å². The second-order valence-electron chi connectivity index (χ2n) is 4.49. The van der Waals surface area contributed by atoms with E-state index in [-0.39, 0.29) is 12.4 Å². The Balaban J connectivity index is 0.00000128. The number of methoxy groups -OCH3 is 1. The van der Waals surface area contributed by atoms with Crippen molar-refractivity contribution in [1.82, 2.24) is 5.32 Å². The second-order valence-corrected chi connectivity index (χ2v) is 4.49. The van der Waals surface area contributed by atoms with Crippen molar-refractivity contribution < 1.29 is 4.74 Å². The highest BCUT2D eigenvalue weighted by Gasteiger charge is 2.22. The molecular formula is C13H20ClNO. The van der Waals surface area contributed by atoms with Crippen molar-refractivity contribution in [2.45, 2.75) is 26.3 Å². The van der Waals surface area contributed by atoms with Crippen LogP contribution in [-0.4, -0.2) is 13.7 Å². The van der Waals surface area contributed by atoms with E-state index in [0.717, 1.165) is 18.7 Å². The maximum absolute atomic E-state index is 5.28. The standard InChI is InChI=1S/C13H19NO.ClH/c1-9(2)13-12-8-11(15-3)5-4-10(12)6-7-14-13;/h4-5,8-9,13-14H,6-7H2,1-3H3;1H. The third-order valence-corrected chi connectivity index (χ3v) is 3.11. The van der Waals surface area contributed by atoms with Crippen molar-refractivity contribution in [2.75, 3.05) is 13.7 Å². The van der Waals surface area contributed by atoms with Crippen LogP contribution in [0.15, 0.2) is 18.2 Å². The van der Waals surface area contributed by atoms with Crippen LogP contribution >= 0.6 is 12.4 Å². The molecule has 16 heavy (non-hydrogen) atoms. The second kappa shape index (κ2) is 5.55. The molecule has 0 aliphatic carbocycles. The number of halogens is 1. The Bertz CT molecular complexity index is 352. The number of ether oxygens (including phenoxy) is 1. The van der Waals surface area contributed by atoms with Crippen molar-refractivity contribution in [3.8, 4) is 5.75 Å². The molecule has 0 aromatic heterocycles. The topological polar surface area (TPSA) is 21.3 Å². The van der Waals surface area contributed by atoms with E-state index in [2.05, 4.69) is 37.4 Å². The van der Waals surface area contributed by atoms with Crippen LogP contribution in [0.3, 0.4) is 0 Å². The van der Waals surface area contributed by atoms with Crippen LogP contribution in [-0.2, 0) is 6.42 Å². The van der Waals surface area contributed by atoms with Crippen LogP contribution < -0.4 is 10.1 Å². The molecule has 0 fully saturated rings. The Kier molecular flexibility index (Phi) is 4.63. The fraction of sp³-hybridized carbons (Fsp3) is 0.538. The van der Waals surface area contributed by atoms with Crippen LogP contribution in [0.5, 0.6) is 5.75 Å². The van der Waals surface area contributed by atoms with Crippen molar-refractivity contribution in [3.05, 3.63) is 29.3 Å². The van der Waals surface area contributed by atoms with Crippen molar-refractivity contribution in [2.24, 2.45) is 5.92 Å². The largest absolute Gasteiger partial charge is 0.497 e. The lowest BCUT2D eigenvalue weighted by Gasteiger charge is -2.30. The summed E-state index contributed by atoms with van der Waals surface area (Å²) in [4.78, 5) is 0. The lowest BCUT2D eigenvalue weighted by atomic mass is 9.88. The molecule has 0 amide bonds. The summed E-state index contributed by atoms with van der Waals surface area (Å²) < 4.78 is 5.28. The van der Waals surface area contributed by atoms with Gasteiger partial charge in [-0.3, -0.25) is 0 Å². The highest BCUT2D eigenvalue weighted by Crippen LogP contribution is 2.31. The summed E-state index contributed by atoms with van der Waals surface area (Å²) in [5.41, 5.74) is 2.88. The fourth-order valence-corrected chi connectivity index (χ4v) is 2.28. The van der Waals surface area contributed by atoms with Gasteiger partial charge in [0.1, 0.15) is 5.75 Å². The molecule has 2 rings (SSSR count). The zero-order valence-corrected chi connectivity index (χ0v) is 10.9. The van der Waals surface area contributed by atoms with Crippen molar-refractivity contribution in [1.29, 1.82) is 0 Å².